The van der Waals surface area contributed by atoms with E-state index in [1.54, 1.807) is 61.5 Å². The molecule has 0 aromatic heterocycles. The first-order chi connectivity index (χ1) is 14.3. The fourth-order valence-corrected chi connectivity index (χ4v) is 4.37. The van der Waals surface area contributed by atoms with Crippen molar-refractivity contribution in [3.05, 3.63) is 83.1 Å². The van der Waals surface area contributed by atoms with Gasteiger partial charge in [-0.05, 0) is 37.3 Å². The van der Waals surface area contributed by atoms with Crippen molar-refractivity contribution in [2.45, 2.75) is 17.9 Å². The second-order valence-electron chi connectivity index (χ2n) is 6.57. The van der Waals surface area contributed by atoms with Gasteiger partial charge in [0.15, 0.2) is 5.75 Å². The third kappa shape index (κ3) is 3.96. The molecule has 3 aromatic rings. The van der Waals surface area contributed by atoms with E-state index in [4.69, 9.17) is 16.3 Å². The molecule has 0 spiro atoms. The molecule has 0 unspecified atom stereocenters. The lowest BCUT2D eigenvalue weighted by atomic mass is 10.1. The van der Waals surface area contributed by atoms with Gasteiger partial charge in [-0.25, -0.2) is 22.5 Å². The highest BCUT2D eigenvalue weighted by atomic mass is 35.5. The second kappa shape index (κ2) is 7.97. The maximum absolute atomic E-state index is 14.1. The lowest BCUT2D eigenvalue weighted by molar-refractivity contribution is 0.483. The molecule has 0 fully saturated rings. The Balaban J connectivity index is 1.73. The SMILES string of the molecule is C[C@H](N=C1Nc2c(Oc3ccccc3Cl)cccc2S(=O)(=O)N1)c1ccccc1F. The third-order valence-corrected chi connectivity index (χ3v) is 6.18. The predicted molar refractivity (Wildman–Crippen MR) is 114 cm³/mol. The maximum Gasteiger partial charge on any atom is 0.266 e. The monoisotopic (exact) mass is 445 g/mol. The number of rotatable bonds is 4. The summed E-state index contributed by atoms with van der Waals surface area (Å²) in [7, 11) is -3.90. The van der Waals surface area contributed by atoms with Gasteiger partial charge in [-0.1, -0.05) is 48.0 Å². The molecule has 4 rings (SSSR count). The van der Waals surface area contributed by atoms with Crippen LogP contribution in [0.4, 0.5) is 10.1 Å². The summed E-state index contributed by atoms with van der Waals surface area (Å²) in [6.45, 7) is 1.67. The number of aliphatic imine (C=N–C) groups is 1. The number of nitrogens with one attached hydrogen (secondary N) is 2. The van der Waals surface area contributed by atoms with Crippen LogP contribution < -0.4 is 14.8 Å². The zero-order valence-corrected chi connectivity index (χ0v) is 17.3. The minimum absolute atomic E-state index is 0.00421. The number of nitrogens with zero attached hydrogens (tertiary/aromatic N) is 1. The van der Waals surface area contributed by atoms with Crippen LogP contribution in [0.3, 0.4) is 0 Å². The molecule has 1 aliphatic heterocycles. The zero-order valence-electron chi connectivity index (χ0n) is 15.8. The van der Waals surface area contributed by atoms with Gasteiger partial charge in [-0.15, -0.1) is 0 Å². The zero-order chi connectivity index (χ0) is 21.3. The highest BCUT2D eigenvalue weighted by molar-refractivity contribution is 7.90. The van der Waals surface area contributed by atoms with Crippen molar-refractivity contribution in [3.8, 4) is 11.5 Å². The molecule has 0 saturated heterocycles. The molecule has 3 aromatic carbocycles. The van der Waals surface area contributed by atoms with Gasteiger partial charge in [0, 0.05) is 5.56 Å². The summed E-state index contributed by atoms with van der Waals surface area (Å²) < 4.78 is 47.8. The smallest absolute Gasteiger partial charge is 0.266 e. The van der Waals surface area contributed by atoms with Crippen LogP contribution in [0.1, 0.15) is 18.5 Å². The molecular formula is C21H17ClFN3O3S. The summed E-state index contributed by atoms with van der Waals surface area (Å²) in [4.78, 5) is 4.33. The largest absolute Gasteiger partial charge is 0.454 e. The molecule has 0 aliphatic carbocycles. The Morgan fingerprint density at radius 3 is 2.47 bits per heavy atom. The fraction of sp³-hybridized carbons (Fsp3) is 0.0952. The molecule has 1 atom stereocenters. The Bertz CT molecular complexity index is 1250. The molecule has 0 amide bonds. The van der Waals surface area contributed by atoms with Crippen LogP contribution in [0.15, 0.2) is 76.6 Å². The number of guanidine groups is 1. The topological polar surface area (TPSA) is 79.8 Å². The molecule has 1 heterocycles. The molecular weight excluding hydrogens is 429 g/mol. The number of benzene rings is 3. The molecule has 154 valence electrons. The van der Waals surface area contributed by atoms with E-state index in [2.05, 4.69) is 15.0 Å². The van der Waals surface area contributed by atoms with Crippen LogP contribution in [0.25, 0.3) is 0 Å². The Morgan fingerprint density at radius 2 is 1.70 bits per heavy atom. The molecule has 1 aliphatic rings. The van der Waals surface area contributed by atoms with Gasteiger partial charge in [-0.3, -0.25) is 0 Å². The van der Waals surface area contributed by atoms with Crippen LogP contribution in [0.2, 0.25) is 5.02 Å². The molecule has 6 nitrogen and oxygen atoms in total. The van der Waals surface area contributed by atoms with Gasteiger partial charge < -0.3 is 10.1 Å². The average molecular weight is 446 g/mol. The molecule has 2 N–H and O–H groups in total. The van der Waals surface area contributed by atoms with Crippen molar-refractivity contribution >= 4 is 33.3 Å². The molecule has 0 saturated carbocycles. The van der Waals surface area contributed by atoms with E-state index >= 15 is 0 Å². The number of para-hydroxylation sites is 2. The minimum atomic E-state index is -3.90. The molecule has 30 heavy (non-hydrogen) atoms. The van der Waals surface area contributed by atoms with E-state index in [0.29, 0.717) is 16.3 Å². The summed E-state index contributed by atoms with van der Waals surface area (Å²) >= 11 is 6.16. The molecule has 0 bridgehead atoms. The first kappa shape index (κ1) is 20.2. The van der Waals surface area contributed by atoms with Crippen molar-refractivity contribution in [3.63, 3.8) is 0 Å². The van der Waals surface area contributed by atoms with Gasteiger partial charge in [0.25, 0.3) is 10.0 Å². The Kier molecular flexibility index (Phi) is 5.36. The Morgan fingerprint density at radius 1 is 1.00 bits per heavy atom. The van der Waals surface area contributed by atoms with Gasteiger partial charge in [0.2, 0.25) is 5.96 Å². The molecule has 0 radical (unpaired) electrons. The van der Waals surface area contributed by atoms with Gasteiger partial charge in [0.1, 0.15) is 22.1 Å². The van der Waals surface area contributed by atoms with Gasteiger partial charge >= 0.3 is 0 Å². The first-order valence-electron chi connectivity index (χ1n) is 9.02. The normalized spacial score (nSPS) is 16.8. The average Bonchev–Trinajstić information content (AvgIpc) is 2.70. The van der Waals surface area contributed by atoms with E-state index in [-0.39, 0.29) is 22.3 Å². The number of halogens is 2. The first-order valence-corrected chi connectivity index (χ1v) is 10.9. The van der Waals surface area contributed by atoms with Crippen molar-refractivity contribution in [2.24, 2.45) is 4.99 Å². The predicted octanol–water partition coefficient (Wildman–Crippen LogP) is 5.09. The van der Waals surface area contributed by atoms with Crippen molar-refractivity contribution < 1.29 is 17.5 Å². The summed E-state index contributed by atoms with van der Waals surface area (Å²) in [5, 5.41) is 3.33. The van der Waals surface area contributed by atoms with Crippen molar-refractivity contribution in [1.29, 1.82) is 0 Å². The van der Waals surface area contributed by atoms with Gasteiger partial charge in [-0.2, -0.15) is 0 Å². The summed E-state index contributed by atoms with van der Waals surface area (Å²) in [6, 6.07) is 17.1. The standard InChI is InChI=1S/C21H17ClFN3O3S/c1-13(14-7-2-4-9-16(14)23)24-21-25-20-18(29-17-10-5-3-8-15(17)22)11-6-12-19(20)30(27,28)26-21/h2-13H,1H3,(H2,24,25,26)/t13-/m0/s1. The van der Waals surface area contributed by atoms with Gasteiger partial charge in [0.05, 0.1) is 11.1 Å². The highest BCUT2D eigenvalue weighted by Crippen LogP contribution is 2.38. The lowest BCUT2D eigenvalue weighted by Gasteiger charge is -2.24. The Hall–Kier alpha value is -3.10. The van der Waals surface area contributed by atoms with E-state index in [0.717, 1.165) is 0 Å². The fourth-order valence-electron chi connectivity index (χ4n) is 3.05. The van der Waals surface area contributed by atoms with Crippen LogP contribution in [0.5, 0.6) is 11.5 Å². The minimum Gasteiger partial charge on any atom is -0.454 e. The summed E-state index contributed by atoms with van der Waals surface area (Å²) in [5.74, 6) is 0.185. The van der Waals surface area contributed by atoms with E-state index in [1.165, 1.54) is 12.1 Å². The summed E-state index contributed by atoms with van der Waals surface area (Å²) in [5.41, 5.74) is 0.563. The third-order valence-electron chi connectivity index (χ3n) is 4.49. The number of hydrogen-bond acceptors (Lipinski definition) is 4. The van der Waals surface area contributed by atoms with Crippen LogP contribution >= 0.6 is 11.6 Å². The number of sulfonamides is 1. The van der Waals surface area contributed by atoms with E-state index in [1.807, 2.05) is 0 Å². The number of fused-ring (bicyclic) bond motifs is 1. The number of anilines is 1. The second-order valence-corrected chi connectivity index (χ2v) is 8.63. The highest BCUT2D eigenvalue weighted by Gasteiger charge is 2.30. The maximum atomic E-state index is 14.1. The lowest BCUT2D eigenvalue weighted by Crippen LogP contribution is -2.41. The quantitative estimate of drug-likeness (QED) is 0.586. The Labute approximate surface area is 178 Å². The van der Waals surface area contributed by atoms with Crippen LogP contribution in [-0.2, 0) is 10.0 Å². The number of ether oxygens (including phenoxy) is 1. The van der Waals surface area contributed by atoms with Crippen molar-refractivity contribution in [1.82, 2.24) is 4.72 Å². The van der Waals surface area contributed by atoms with Crippen LogP contribution in [0, 0.1) is 5.82 Å². The van der Waals surface area contributed by atoms with E-state index in [9.17, 15) is 12.8 Å². The summed E-state index contributed by atoms with van der Waals surface area (Å²) in [6.07, 6.45) is 0. The number of hydrogen-bond donors (Lipinski definition) is 2. The van der Waals surface area contributed by atoms with E-state index < -0.39 is 21.9 Å². The van der Waals surface area contributed by atoms with Crippen LogP contribution in [-0.4, -0.2) is 14.4 Å². The van der Waals surface area contributed by atoms with Crippen molar-refractivity contribution in [2.75, 3.05) is 5.32 Å². The molecule has 9 heteroatoms.